The van der Waals surface area contributed by atoms with Gasteiger partial charge >= 0.3 is 17.1 Å². The van der Waals surface area contributed by atoms with E-state index in [1.54, 1.807) is 20.8 Å². The van der Waals surface area contributed by atoms with Crippen LogP contribution in [0.2, 0.25) is 0 Å². The number of aliphatic carboxylic acids is 1. The van der Waals surface area contributed by atoms with Crippen LogP contribution in [0, 0.1) is 15.5 Å². The van der Waals surface area contributed by atoms with Crippen molar-refractivity contribution in [2.75, 3.05) is 0 Å². The van der Waals surface area contributed by atoms with E-state index in [9.17, 15) is 29.6 Å². The van der Waals surface area contributed by atoms with E-state index in [0.29, 0.717) is 5.56 Å². The average molecular weight is 350 g/mol. The molecular weight excluding hydrogens is 332 g/mol. The highest BCUT2D eigenvalue weighted by Crippen LogP contribution is 2.23. The summed E-state index contributed by atoms with van der Waals surface area (Å²) < 4.78 is 0. The molecule has 0 spiro atoms. The Labute approximate surface area is 141 Å². The van der Waals surface area contributed by atoms with Crippen molar-refractivity contribution < 1.29 is 14.8 Å². The van der Waals surface area contributed by atoms with E-state index in [-0.39, 0.29) is 23.3 Å². The van der Waals surface area contributed by atoms with Gasteiger partial charge in [0, 0.05) is 18.7 Å². The fourth-order valence-electron chi connectivity index (χ4n) is 2.50. The van der Waals surface area contributed by atoms with Gasteiger partial charge in [0.2, 0.25) is 0 Å². The summed E-state index contributed by atoms with van der Waals surface area (Å²) in [4.78, 5) is 49.5. The fraction of sp³-hybridized carbons (Fsp3) is 0.400. The lowest BCUT2D eigenvalue weighted by molar-refractivity contribution is -0.384. The first-order valence-corrected chi connectivity index (χ1v) is 7.40. The third-order valence-electron chi connectivity index (χ3n) is 3.72. The predicted octanol–water partition coefficient (Wildman–Crippen LogP) is 0.713. The average Bonchev–Trinajstić information content (AvgIpc) is 2.46. The SMILES string of the molecule is CC(C)(C)[C@H](NCc1cc([N+](=O)[O-])cc2[nH]c(=O)c(=O)[nH]c12)C(=O)O. The number of carbonyl (C=O) groups is 1. The number of aromatic nitrogens is 2. The first-order chi connectivity index (χ1) is 11.5. The van der Waals surface area contributed by atoms with E-state index in [0.717, 1.165) is 6.07 Å². The zero-order chi connectivity index (χ0) is 18.9. The first-order valence-electron chi connectivity index (χ1n) is 7.40. The molecule has 0 aliphatic heterocycles. The van der Waals surface area contributed by atoms with Crippen molar-refractivity contribution in [2.45, 2.75) is 33.4 Å². The van der Waals surface area contributed by atoms with E-state index in [2.05, 4.69) is 15.3 Å². The normalized spacial score (nSPS) is 12.9. The van der Waals surface area contributed by atoms with Crippen molar-refractivity contribution in [3.8, 4) is 0 Å². The number of aromatic amines is 2. The molecule has 0 saturated heterocycles. The van der Waals surface area contributed by atoms with Gasteiger partial charge in [-0.05, 0) is 11.0 Å². The smallest absolute Gasteiger partial charge is 0.321 e. The molecule has 1 aromatic carbocycles. The molecule has 1 aromatic heterocycles. The molecule has 2 rings (SSSR count). The van der Waals surface area contributed by atoms with Gasteiger partial charge in [0.05, 0.1) is 16.0 Å². The summed E-state index contributed by atoms with van der Waals surface area (Å²) >= 11 is 0. The number of nitro groups is 1. The molecule has 10 nitrogen and oxygen atoms in total. The van der Waals surface area contributed by atoms with Crippen molar-refractivity contribution in [3.63, 3.8) is 0 Å². The predicted molar refractivity (Wildman–Crippen MR) is 89.6 cm³/mol. The Balaban J connectivity index is 2.54. The molecule has 4 N–H and O–H groups in total. The monoisotopic (exact) mass is 350 g/mol. The van der Waals surface area contributed by atoms with Gasteiger partial charge in [-0.1, -0.05) is 20.8 Å². The molecule has 2 aromatic rings. The molecule has 1 heterocycles. The molecule has 0 bridgehead atoms. The van der Waals surface area contributed by atoms with Crippen LogP contribution in [0.4, 0.5) is 5.69 Å². The second-order valence-electron chi connectivity index (χ2n) is 6.71. The summed E-state index contributed by atoms with van der Waals surface area (Å²) in [5.74, 6) is -1.07. The molecule has 0 unspecified atom stereocenters. The van der Waals surface area contributed by atoms with E-state index in [1.165, 1.54) is 6.07 Å². The van der Waals surface area contributed by atoms with Crippen molar-refractivity contribution in [1.29, 1.82) is 0 Å². The minimum atomic E-state index is -1.07. The molecule has 25 heavy (non-hydrogen) atoms. The quantitative estimate of drug-likeness (QED) is 0.351. The number of benzene rings is 1. The number of nitrogens with one attached hydrogen (secondary N) is 3. The Morgan fingerprint density at radius 1 is 1.28 bits per heavy atom. The number of fused-ring (bicyclic) bond motifs is 1. The highest BCUT2D eigenvalue weighted by atomic mass is 16.6. The Hall–Kier alpha value is -3.01. The summed E-state index contributed by atoms with van der Waals surface area (Å²) in [5.41, 5.74) is -2.11. The summed E-state index contributed by atoms with van der Waals surface area (Å²) in [6.45, 7) is 5.17. The van der Waals surface area contributed by atoms with E-state index in [4.69, 9.17) is 0 Å². The van der Waals surface area contributed by atoms with Crippen LogP contribution in [0.25, 0.3) is 11.0 Å². The van der Waals surface area contributed by atoms with Crippen LogP contribution in [0.15, 0.2) is 21.7 Å². The van der Waals surface area contributed by atoms with Crippen LogP contribution in [-0.4, -0.2) is 32.0 Å². The minimum absolute atomic E-state index is 0.0472. The Morgan fingerprint density at radius 3 is 2.40 bits per heavy atom. The Morgan fingerprint density at radius 2 is 1.88 bits per heavy atom. The van der Waals surface area contributed by atoms with Crippen molar-refractivity contribution in [3.05, 3.63) is 48.5 Å². The number of hydrogen-bond acceptors (Lipinski definition) is 6. The van der Waals surface area contributed by atoms with Gasteiger partial charge in [-0.15, -0.1) is 0 Å². The van der Waals surface area contributed by atoms with E-state index < -0.39 is 33.5 Å². The second-order valence-corrected chi connectivity index (χ2v) is 6.71. The van der Waals surface area contributed by atoms with E-state index >= 15 is 0 Å². The third-order valence-corrected chi connectivity index (χ3v) is 3.72. The van der Waals surface area contributed by atoms with Crippen molar-refractivity contribution in [2.24, 2.45) is 5.41 Å². The summed E-state index contributed by atoms with van der Waals surface area (Å²) in [5, 5.41) is 23.3. The highest BCUT2D eigenvalue weighted by molar-refractivity contribution is 5.80. The largest absolute Gasteiger partial charge is 0.480 e. The molecule has 0 amide bonds. The van der Waals surface area contributed by atoms with Gasteiger partial charge in [-0.3, -0.25) is 29.8 Å². The molecule has 0 aliphatic carbocycles. The van der Waals surface area contributed by atoms with Crippen LogP contribution < -0.4 is 16.4 Å². The number of nitrogens with zero attached hydrogens (tertiary/aromatic N) is 1. The Bertz CT molecular complexity index is 953. The summed E-state index contributed by atoms with van der Waals surface area (Å²) in [7, 11) is 0. The minimum Gasteiger partial charge on any atom is -0.480 e. The molecule has 0 aliphatic rings. The van der Waals surface area contributed by atoms with Gasteiger partial charge in [-0.2, -0.15) is 0 Å². The first kappa shape index (κ1) is 18.3. The Kier molecular flexibility index (Phi) is 4.75. The van der Waals surface area contributed by atoms with Gasteiger partial charge in [0.25, 0.3) is 5.69 Å². The summed E-state index contributed by atoms with van der Waals surface area (Å²) in [6, 6.07) is 1.44. The third kappa shape index (κ3) is 3.91. The zero-order valence-corrected chi connectivity index (χ0v) is 13.9. The van der Waals surface area contributed by atoms with Gasteiger partial charge < -0.3 is 15.1 Å². The zero-order valence-electron chi connectivity index (χ0n) is 13.9. The maximum Gasteiger partial charge on any atom is 0.321 e. The van der Waals surface area contributed by atoms with Crippen LogP contribution >= 0.6 is 0 Å². The summed E-state index contributed by atoms with van der Waals surface area (Å²) in [6.07, 6.45) is 0. The number of nitro benzene ring substituents is 1. The highest BCUT2D eigenvalue weighted by Gasteiger charge is 2.30. The van der Waals surface area contributed by atoms with Crippen LogP contribution in [-0.2, 0) is 11.3 Å². The standard InChI is InChI=1S/C15H18N4O6/c1-15(2,3)11(14(22)23)16-6-7-4-8(19(24)25)5-9-10(7)18-13(21)12(20)17-9/h4-5,11,16H,6H2,1-3H3,(H,17,20)(H,18,21)(H,22,23)/t11-/m1/s1. The lowest BCUT2D eigenvalue weighted by atomic mass is 9.86. The number of H-pyrrole nitrogens is 2. The number of non-ortho nitro benzene ring substituents is 1. The van der Waals surface area contributed by atoms with Crippen LogP contribution in [0.1, 0.15) is 26.3 Å². The van der Waals surface area contributed by atoms with Crippen LogP contribution in [0.5, 0.6) is 0 Å². The molecule has 134 valence electrons. The van der Waals surface area contributed by atoms with Crippen molar-refractivity contribution >= 4 is 22.7 Å². The number of rotatable bonds is 5. The lowest BCUT2D eigenvalue weighted by Crippen LogP contribution is -2.46. The lowest BCUT2D eigenvalue weighted by Gasteiger charge is -2.28. The van der Waals surface area contributed by atoms with Crippen molar-refractivity contribution in [1.82, 2.24) is 15.3 Å². The number of hydrogen-bond donors (Lipinski definition) is 4. The fourth-order valence-corrected chi connectivity index (χ4v) is 2.50. The number of carboxylic acids is 1. The van der Waals surface area contributed by atoms with E-state index in [1.807, 2.05) is 0 Å². The molecule has 10 heteroatoms. The topological polar surface area (TPSA) is 158 Å². The molecule has 1 atom stereocenters. The van der Waals surface area contributed by atoms with Gasteiger partial charge in [0.15, 0.2) is 0 Å². The maximum atomic E-state index is 11.6. The molecule has 0 radical (unpaired) electrons. The van der Waals surface area contributed by atoms with Crippen LogP contribution in [0.3, 0.4) is 0 Å². The molecule has 0 saturated carbocycles. The van der Waals surface area contributed by atoms with Gasteiger partial charge in [-0.25, -0.2) is 0 Å². The van der Waals surface area contributed by atoms with Gasteiger partial charge in [0.1, 0.15) is 6.04 Å². The molecular formula is C15H18N4O6. The maximum absolute atomic E-state index is 11.6. The number of carboxylic acid groups (broad SMARTS) is 1. The molecule has 0 fully saturated rings. The second kappa shape index (κ2) is 6.48.